The van der Waals surface area contributed by atoms with Crippen LogP contribution in [0.4, 0.5) is 0 Å². The van der Waals surface area contributed by atoms with Gasteiger partial charge in [0.1, 0.15) is 0 Å². The SMILES string of the molecule is CN1CCN(CCC(=O)c2cccc(Br)c2)CC1. The molecule has 4 heteroatoms. The van der Waals surface area contributed by atoms with Crippen LogP contribution in [0.3, 0.4) is 0 Å². The van der Waals surface area contributed by atoms with Crippen molar-refractivity contribution in [1.82, 2.24) is 9.80 Å². The van der Waals surface area contributed by atoms with Crippen LogP contribution in [0.2, 0.25) is 0 Å². The quantitative estimate of drug-likeness (QED) is 0.797. The second-order valence-corrected chi connectivity index (χ2v) is 5.74. The van der Waals surface area contributed by atoms with Crippen LogP contribution >= 0.6 is 15.9 Å². The zero-order valence-corrected chi connectivity index (χ0v) is 12.3. The molecule has 0 spiro atoms. The van der Waals surface area contributed by atoms with Crippen LogP contribution in [0.1, 0.15) is 16.8 Å². The van der Waals surface area contributed by atoms with Gasteiger partial charge in [-0.25, -0.2) is 0 Å². The fourth-order valence-corrected chi connectivity index (χ4v) is 2.54. The summed E-state index contributed by atoms with van der Waals surface area (Å²) < 4.78 is 0.966. The summed E-state index contributed by atoms with van der Waals surface area (Å²) in [5.41, 5.74) is 0.804. The van der Waals surface area contributed by atoms with Gasteiger partial charge in [-0.1, -0.05) is 28.1 Å². The Bertz CT molecular complexity index is 414. The van der Waals surface area contributed by atoms with E-state index in [-0.39, 0.29) is 5.78 Å². The standard InChI is InChI=1S/C14H19BrN2O/c1-16-7-9-17(10-8-16)6-5-14(18)12-3-2-4-13(15)11-12/h2-4,11H,5-10H2,1H3. The zero-order valence-electron chi connectivity index (χ0n) is 10.7. The molecule has 0 saturated carbocycles. The number of benzene rings is 1. The largest absolute Gasteiger partial charge is 0.304 e. The van der Waals surface area contributed by atoms with Crippen molar-refractivity contribution in [3.63, 3.8) is 0 Å². The third-order valence-corrected chi connectivity index (χ3v) is 3.89. The summed E-state index contributed by atoms with van der Waals surface area (Å²) in [7, 11) is 2.14. The van der Waals surface area contributed by atoms with E-state index in [4.69, 9.17) is 0 Å². The van der Waals surface area contributed by atoms with Crippen LogP contribution in [0.15, 0.2) is 28.7 Å². The van der Waals surface area contributed by atoms with E-state index in [1.54, 1.807) is 0 Å². The molecule has 1 aromatic carbocycles. The van der Waals surface area contributed by atoms with Crippen LogP contribution in [0, 0.1) is 0 Å². The lowest BCUT2D eigenvalue weighted by atomic mass is 10.1. The molecule has 1 aliphatic heterocycles. The van der Waals surface area contributed by atoms with Gasteiger partial charge in [0, 0.05) is 49.2 Å². The lowest BCUT2D eigenvalue weighted by Crippen LogP contribution is -2.45. The molecule has 98 valence electrons. The molecule has 1 saturated heterocycles. The van der Waals surface area contributed by atoms with E-state index in [1.165, 1.54) is 0 Å². The van der Waals surface area contributed by atoms with E-state index in [0.717, 1.165) is 42.8 Å². The number of hydrogen-bond acceptors (Lipinski definition) is 3. The van der Waals surface area contributed by atoms with Gasteiger partial charge < -0.3 is 9.80 Å². The van der Waals surface area contributed by atoms with Gasteiger partial charge in [0.25, 0.3) is 0 Å². The van der Waals surface area contributed by atoms with Gasteiger partial charge in [0.15, 0.2) is 5.78 Å². The number of rotatable bonds is 4. The first-order chi connectivity index (χ1) is 8.65. The Labute approximate surface area is 117 Å². The van der Waals surface area contributed by atoms with Crippen LogP contribution < -0.4 is 0 Å². The number of likely N-dealkylation sites (N-methyl/N-ethyl adjacent to an activating group) is 1. The fraction of sp³-hybridized carbons (Fsp3) is 0.500. The lowest BCUT2D eigenvalue weighted by Gasteiger charge is -2.32. The van der Waals surface area contributed by atoms with Gasteiger partial charge in [-0.15, -0.1) is 0 Å². The number of piperazine rings is 1. The minimum atomic E-state index is 0.232. The Morgan fingerprint density at radius 1 is 1.28 bits per heavy atom. The second kappa shape index (κ2) is 6.45. The zero-order chi connectivity index (χ0) is 13.0. The van der Waals surface area contributed by atoms with Crippen LogP contribution in [-0.4, -0.2) is 55.4 Å². The Morgan fingerprint density at radius 2 is 2.00 bits per heavy atom. The molecule has 0 aliphatic carbocycles. The maximum Gasteiger partial charge on any atom is 0.164 e. The molecular formula is C14H19BrN2O. The number of carbonyl (C=O) groups excluding carboxylic acids is 1. The molecule has 1 aliphatic rings. The summed E-state index contributed by atoms with van der Waals surface area (Å²) in [6, 6.07) is 7.63. The highest BCUT2D eigenvalue weighted by Crippen LogP contribution is 2.13. The first kappa shape index (κ1) is 13.7. The molecule has 0 unspecified atom stereocenters. The summed E-state index contributed by atoms with van der Waals surface area (Å²) in [5, 5.41) is 0. The normalized spacial score (nSPS) is 17.9. The Morgan fingerprint density at radius 3 is 2.67 bits per heavy atom. The number of ketones is 1. The van der Waals surface area contributed by atoms with Crippen LogP contribution in [-0.2, 0) is 0 Å². The third-order valence-electron chi connectivity index (χ3n) is 3.40. The molecule has 0 radical (unpaired) electrons. The molecule has 0 bridgehead atoms. The molecule has 0 N–H and O–H groups in total. The Kier molecular flexibility index (Phi) is 4.92. The molecule has 0 aromatic heterocycles. The predicted molar refractivity (Wildman–Crippen MR) is 77.0 cm³/mol. The smallest absolute Gasteiger partial charge is 0.164 e. The van der Waals surface area contributed by atoms with E-state index >= 15 is 0 Å². The Hall–Kier alpha value is -0.710. The number of nitrogens with zero attached hydrogens (tertiary/aromatic N) is 2. The number of halogens is 1. The lowest BCUT2D eigenvalue weighted by molar-refractivity contribution is 0.0942. The van der Waals surface area contributed by atoms with Crippen LogP contribution in [0.25, 0.3) is 0 Å². The van der Waals surface area contributed by atoms with Gasteiger partial charge in [0.05, 0.1) is 0 Å². The number of hydrogen-bond donors (Lipinski definition) is 0. The van der Waals surface area contributed by atoms with Gasteiger partial charge in [-0.3, -0.25) is 4.79 Å². The molecule has 2 rings (SSSR count). The summed E-state index contributed by atoms with van der Waals surface area (Å²) in [6.45, 7) is 5.22. The second-order valence-electron chi connectivity index (χ2n) is 4.83. The monoisotopic (exact) mass is 310 g/mol. The van der Waals surface area contributed by atoms with E-state index in [2.05, 4.69) is 32.8 Å². The fourth-order valence-electron chi connectivity index (χ4n) is 2.14. The van der Waals surface area contributed by atoms with Crippen molar-refractivity contribution in [1.29, 1.82) is 0 Å². The van der Waals surface area contributed by atoms with Gasteiger partial charge >= 0.3 is 0 Å². The molecule has 1 heterocycles. The van der Waals surface area contributed by atoms with E-state index < -0.39 is 0 Å². The van der Waals surface area contributed by atoms with E-state index in [0.29, 0.717) is 6.42 Å². The molecule has 0 amide bonds. The molecule has 1 aromatic rings. The molecule has 3 nitrogen and oxygen atoms in total. The number of carbonyl (C=O) groups is 1. The van der Waals surface area contributed by atoms with Crippen molar-refractivity contribution >= 4 is 21.7 Å². The predicted octanol–water partition coefficient (Wildman–Crippen LogP) is 2.27. The average Bonchev–Trinajstić information content (AvgIpc) is 2.38. The molecule has 0 atom stereocenters. The molecular weight excluding hydrogens is 292 g/mol. The van der Waals surface area contributed by atoms with Gasteiger partial charge in [-0.05, 0) is 19.2 Å². The average molecular weight is 311 g/mol. The van der Waals surface area contributed by atoms with E-state index in [1.807, 2.05) is 24.3 Å². The van der Waals surface area contributed by atoms with Crippen molar-refractivity contribution in [2.45, 2.75) is 6.42 Å². The highest BCUT2D eigenvalue weighted by molar-refractivity contribution is 9.10. The van der Waals surface area contributed by atoms with Crippen LogP contribution in [0.5, 0.6) is 0 Å². The van der Waals surface area contributed by atoms with Crippen molar-refractivity contribution in [2.24, 2.45) is 0 Å². The third kappa shape index (κ3) is 3.90. The minimum absolute atomic E-state index is 0.232. The van der Waals surface area contributed by atoms with Crippen molar-refractivity contribution < 1.29 is 4.79 Å². The highest BCUT2D eigenvalue weighted by Gasteiger charge is 2.15. The highest BCUT2D eigenvalue weighted by atomic mass is 79.9. The summed E-state index contributed by atoms with van der Waals surface area (Å²) in [4.78, 5) is 16.7. The maximum atomic E-state index is 12.0. The summed E-state index contributed by atoms with van der Waals surface area (Å²) >= 11 is 3.40. The number of Topliss-reactive ketones (excluding diaryl/α,β-unsaturated/α-hetero) is 1. The first-order valence-corrected chi connectivity index (χ1v) is 7.14. The molecule has 18 heavy (non-hydrogen) atoms. The first-order valence-electron chi connectivity index (χ1n) is 6.35. The van der Waals surface area contributed by atoms with Crippen molar-refractivity contribution in [2.75, 3.05) is 39.8 Å². The molecule has 1 fully saturated rings. The van der Waals surface area contributed by atoms with Crippen molar-refractivity contribution in [3.8, 4) is 0 Å². The van der Waals surface area contributed by atoms with Gasteiger partial charge in [-0.2, -0.15) is 0 Å². The maximum absolute atomic E-state index is 12.0. The Balaban J connectivity index is 1.81. The minimum Gasteiger partial charge on any atom is -0.304 e. The summed E-state index contributed by atoms with van der Waals surface area (Å²) in [6.07, 6.45) is 0.611. The van der Waals surface area contributed by atoms with Crippen molar-refractivity contribution in [3.05, 3.63) is 34.3 Å². The topological polar surface area (TPSA) is 23.6 Å². The summed E-state index contributed by atoms with van der Waals surface area (Å²) in [5.74, 6) is 0.232. The van der Waals surface area contributed by atoms with E-state index in [9.17, 15) is 4.79 Å². The van der Waals surface area contributed by atoms with Gasteiger partial charge in [0.2, 0.25) is 0 Å².